The maximum Gasteiger partial charge on any atom is 0.305 e. The average Bonchev–Trinajstić information content (AvgIpc) is 2.83. The number of halogens is 3. The standard InChI is InChI=1S/C26H24F3NO4/c27-22-13-12-21(24(28)25(22)29)18-8-10-20(11-9-18)34-16-2-1-3-17-4-6-19(7-5-17)26(33)30-15-14-23(31)32/h4-13H,1-3,14-16H2,(H,30,33)(H,31,32). The van der Waals surface area contributed by atoms with Crippen molar-refractivity contribution in [3.63, 3.8) is 0 Å². The molecule has 0 bridgehead atoms. The van der Waals surface area contributed by atoms with Crippen LogP contribution in [0.2, 0.25) is 0 Å². The SMILES string of the molecule is O=C(O)CCNC(=O)c1ccc(CCCCOc2ccc(-c3ccc(F)c(F)c3F)cc2)cc1. The van der Waals surface area contributed by atoms with Crippen LogP contribution in [-0.4, -0.2) is 30.1 Å². The smallest absolute Gasteiger partial charge is 0.305 e. The second kappa shape index (κ2) is 11.9. The van der Waals surface area contributed by atoms with Gasteiger partial charge in [0.25, 0.3) is 5.91 Å². The monoisotopic (exact) mass is 471 g/mol. The fourth-order valence-corrected chi connectivity index (χ4v) is 3.31. The lowest BCUT2D eigenvalue weighted by Crippen LogP contribution is -2.25. The summed E-state index contributed by atoms with van der Waals surface area (Å²) in [5.74, 6) is -4.62. The number of rotatable bonds is 11. The number of hydrogen-bond acceptors (Lipinski definition) is 3. The molecule has 0 radical (unpaired) electrons. The topological polar surface area (TPSA) is 75.6 Å². The molecule has 0 saturated carbocycles. The number of nitrogens with one attached hydrogen (secondary N) is 1. The number of carbonyl (C=O) groups is 2. The second-order valence-corrected chi connectivity index (χ2v) is 7.65. The van der Waals surface area contributed by atoms with Gasteiger partial charge in [0.2, 0.25) is 0 Å². The van der Waals surface area contributed by atoms with Crippen molar-refractivity contribution >= 4 is 11.9 Å². The zero-order valence-electron chi connectivity index (χ0n) is 18.3. The van der Waals surface area contributed by atoms with Crippen LogP contribution in [0.1, 0.15) is 35.2 Å². The van der Waals surface area contributed by atoms with E-state index in [1.165, 1.54) is 6.07 Å². The minimum Gasteiger partial charge on any atom is -0.494 e. The Morgan fingerprint density at radius 2 is 1.56 bits per heavy atom. The first-order chi connectivity index (χ1) is 16.3. The summed E-state index contributed by atoms with van der Waals surface area (Å²) in [6.45, 7) is 0.559. The largest absolute Gasteiger partial charge is 0.494 e. The number of carboxylic acids is 1. The lowest BCUT2D eigenvalue weighted by atomic mass is 10.0. The summed E-state index contributed by atoms with van der Waals surface area (Å²) in [6, 6.07) is 15.7. The van der Waals surface area contributed by atoms with Crippen molar-refractivity contribution in [1.29, 1.82) is 0 Å². The van der Waals surface area contributed by atoms with E-state index in [4.69, 9.17) is 9.84 Å². The number of carbonyl (C=O) groups excluding carboxylic acids is 1. The first kappa shape index (κ1) is 24.8. The molecular formula is C26H24F3NO4. The Labute approximate surface area is 195 Å². The third-order valence-electron chi connectivity index (χ3n) is 5.17. The quantitative estimate of drug-likeness (QED) is 0.291. The Morgan fingerprint density at radius 3 is 2.24 bits per heavy atom. The van der Waals surface area contributed by atoms with Crippen LogP contribution in [-0.2, 0) is 11.2 Å². The first-order valence-corrected chi connectivity index (χ1v) is 10.8. The van der Waals surface area contributed by atoms with E-state index in [1.54, 1.807) is 36.4 Å². The lowest BCUT2D eigenvalue weighted by Gasteiger charge is -2.09. The molecule has 0 atom stereocenters. The van der Waals surface area contributed by atoms with Crippen molar-refractivity contribution in [3.8, 4) is 16.9 Å². The van der Waals surface area contributed by atoms with Crippen molar-refractivity contribution in [3.05, 3.63) is 89.2 Å². The summed E-state index contributed by atoms with van der Waals surface area (Å²) >= 11 is 0. The van der Waals surface area contributed by atoms with Gasteiger partial charge in [-0.1, -0.05) is 24.3 Å². The van der Waals surface area contributed by atoms with Gasteiger partial charge in [0.05, 0.1) is 13.0 Å². The van der Waals surface area contributed by atoms with Gasteiger partial charge in [-0.15, -0.1) is 0 Å². The molecule has 5 nitrogen and oxygen atoms in total. The van der Waals surface area contributed by atoms with Crippen LogP contribution < -0.4 is 10.1 Å². The van der Waals surface area contributed by atoms with E-state index >= 15 is 0 Å². The van der Waals surface area contributed by atoms with E-state index in [0.29, 0.717) is 23.5 Å². The van der Waals surface area contributed by atoms with Gasteiger partial charge >= 0.3 is 5.97 Å². The molecule has 34 heavy (non-hydrogen) atoms. The van der Waals surface area contributed by atoms with Crippen LogP contribution in [0.3, 0.4) is 0 Å². The number of benzene rings is 3. The van der Waals surface area contributed by atoms with Gasteiger partial charge in [0.1, 0.15) is 5.75 Å². The van der Waals surface area contributed by atoms with Gasteiger partial charge in [-0.3, -0.25) is 9.59 Å². The summed E-state index contributed by atoms with van der Waals surface area (Å²) in [5.41, 5.74) is 1.95. The van der Waals surface area contributed by atoms with Crippen molar-refractivity contribution in [2.45, 2.75) is 25.7 Å². The van der Waals surface area contributed by atoms with Crippen LogP contribution in [0.5, 0.6) is 5.75 Å². The minimum absolute atomic E-state index is 0.0192. The van der Waals surface area contributed by atoms with Gasteiger partial charge in [-0.25, -0.2) is 13.2 Å². The number of ether oxygens (including phenoxy) is 1. The molecular weight excluding hydrogens is 447 g/mol. The van der Waals surface area contributed by atoms with Crippen molar-refractivity contribution < 1.29 is 32.6 Å². The molecule has 3 rings (SSSR count). The van der Waals surface area contributed by atoms with Gasteiger partial charge < -0.3 is 15.2 Å². The van der Waals surface area contributed by atoms with Gasteiger partial charge in [0, 0.05) is 17.7 Å². The fraction of sp³-hybridized carbons (Fsp3) is 0.231. The molecule has 0 saturated heterocycles. The third kappa shape index (κ3) is 6.84. The molecule has 0 spiro atoms. The zero-order valence-corrected chi connectivity index (χ0v) is 18.3. The van der Waals surface area contributed by atoms with Gasteiger partial charge in [0.15, 0.2) is 17.5 Å². The number of hydrogen-bond donors (Lipinski definition) is 2. The van der Waals surface area contributed by atoms with Crippen molar-refractivity contribution in [2.75, 3.05) is 13.2 Å². The molecule has 1 amide bonds. The molecule has 2 N–H and O–H groups in total. The highest BCUT2D eigenvalue weighted by Crippen LogP contribution is 2.27. The molecule has 0 aliphatic rings. The zero-order chi connectivity index (χ0) is 24.5. The molecule has 3 aromatic rings. The van der Waals surface area contributed by atoms with E-state index in [-0.39, 0.29) is 24.4 Å². The third-order valence-corrected chi connectivity index (χ3v) is 5.17. The Balaban J connectivity index is 1.40. The summed E-state index contributed by atoms with van der Waals surface area (Å²) in [4.78, 5) is 22.4. The molecule has 0 unspecified atom stereocenters. The Kier molecular flexibility index (Phi) is 8.67. The van der Waals surface area contributed by atoms with E-state index in [9.17, 15) is 22.8 Å². The van der Waals surface area contributed by atoms with E-state index in [1.807, 2.05) is 12.1 Å². The average molecular weight is 471 g/mol. The highest BCUT2D eigenvalue weighted by atomic mass is 19.2. The van der Waals surface area contributed by atoms with Crippen LogP contribution in [0.25, 0.3) is 11.1 Å². The van der Waals surface area contributed by atoms with Crippen molar-refractivity contribution in [2.24, 2.45) is 0 Å². The molecule has 3 aromatic carbocycles. The maximum atomic E-state index is 13.9. The van der Waals surface area contributed by atoms with Gasteiger partial charge in [-0.05, 0) is 66.8 Å². The fourth-order valence-electron chi connectivity index (χ4n) is 3.31. The molecule has 0 aromatic heterocycles. The number of aliphatic carboxylic acids is 1. The number of carboxylic acid groups (broad SMARTS) is 1. The highest BCUT2D eigenvalue weighted by Gasteiger charge is 2.14. The summed E-state index contributed by atoms with van der Waals surface area (Å²) in [5, 5.41) is 11.2. The maximum absolute atomic E-state index is 13.9. The predicted octanol–water partition coefficient (Wildman–Crippen LogP) is 5.38. The summed E-state index contributed by atoms with van der Waals surface area (Å²) < 4.78 is 46.1. The number of amides is 1. The van der Waals surface area contributed by atoms with Crippen LogP contribution >= 0.6 is 0 Å². The summed E-state index contributed by atoms with van der Waals surface area (Å²) in [7, 11) is 0. The highest BCUT2D eigenvalue weighted by molar-refractivity contribution is 5.94. The normalized spacial score (nSPS) is 10.7. The van der Waals surface area contributed by atoms with Crippen LogP contribution in [0.4, 0.5) is 13.2 Å². The van der Waals surface area contributed by atoms with Crippen LogP contribution in [0.15, 0.2) is 60.7 Å². The van der Waals surface area contributed by atoms with Crippen LogP contribution in [0, 0.1) is 17.5 Å². The van der Waals surface area contributed by atoms with E-state index in [0.717, 1.165) is 30.9 Å². The Bertz CT molecular complexity index is 1130. The van der Waals surface area contributed by atoms with Gasteiger partial charge in [-0.2, -0.15) is 0 Å². The number of aryl methyl sites for hydroxylation is 1. The molecule has 178 valence electrons. The first-order valence-electron chi connectivity index (χ1n) is 10.8. The molecule has 0 aliphatic heterocycles. The Morgan fingerprint density at radius 1 is 0.853 bits per heavy atom. The number of unbranched alkanes of at least 4 members (excludes halogenated alkanes) is 1. The van der Waals surface area contributed by atoms with E-state index in [2.05, 4.69) is 5.32 Å². The lowest BCUT2D eigenvalue weighted by molar-refractivity contribution is -0.136. The molecule has 0 aliphatic carbocycles. The minimum atomic E-state index is -1.49. The molecule has 0 fully saturated rings. The Hall–Kier alpha value is -3.81. The molecule has 8 heteroatoms. The second-order valence-electron chi connectivity index (χ2n) is 7.65. The predicted molar refractivity (Wildman–Crippen MR) is 121 cm³/mol. The van der Waals surface area contributed by atoms with E-state index < -0.39 is 23.4 Å². The summed E-state index contributed by atoms with van der Waals surface area (Å²) in [6.07, 6.45) is 2.33. The van der Waals surface area contributed by atoms with Crippen molar-refractivity contribution in [1.82, 2.24) is 5.32 Å². The molecule has 0 heterocycles.